The quantitative estimate of drug-likeness (QED) is 0.239. The molecule has 4 atom stereocenters. The van der Waals surface area contributed by atoms with Gasteiger partial charge in [-0.25, -0.2) is 9.97 Å². The maximum Gasteiger partial charge on any atom is 0.186 e. The third kappa shape index (κ3) is 4.89. The van der Waals surface area contributed by atoms with E-state index in [2.05, 4.69) is 60.5 Å². The van der Waals surface area contributed by atoms with Gasteiger partial charge in [0.1, 0.15) is 28.3 Å². The maximum atomic E-state index is 10.1. The number of likely N-dealkylation sites (N-methyl/N-ethyl adjacent to an activating group) is 1. The van der Waals surface area contributed by atoms with Crippen molar-refractivity contribution in [3.63, 3.8) is 0 Å². The van der Waals surface area contributed by atoms with Crippen molar-refractivity contribution in [2.24, 2.45) is 5.92 Å². The second kappa shape index (κ2) is 11.8. The summed E-state index contributed by atoms with van der Waals surface area (Å²) in [6.07, 6.45) is 11.7. The number of hydrogen-bond acceptors (Lipinski definition) is 9. The predicted molar refractivity (Wildman–Crippen MR) is 176 cm³/mol. The number of nitrogens with two attached hydrogens (primary N) is 1. The van der Waals surface area contributed by atoms with Crippen molar-refractivity contribution in [3.05, 3.63) is 39.6 Å². The number of aromatic nitrogens is 4. The van der Waals surface area contributed by atoms with Crippen molar-refractivity contribution in [2.45, 2.75) is 96.6 Å². The molecule has 2 aliphatic heterocycles. The molecule has 4 aromatic rings. The van der Waals surface area contributed by atoms with E-state index in [0.717, 1.165) is 97.6 Å². The zero-order valence-corrected chi connectivity index (χ0v) is 27.3. The number of nitrogens with zero attached hydrogens (tertiary/aromatic N) is 7. The Morgan fingerprint density at radius 3 is 2.77 bits per heavy atom. The van der Waals surface area contributed by atoms with Crippen molar-refractivity contribution >= 4 is 33.2 Å². The van der Waals surface area contributed by atoms with Crippen LogP contribution in [0.15, 0.2) is 16.8 Å². The molecule has 4 aromatic heterocycles. The Morgan fingerprint density at radius 1 is 1.18 bits per heavy atom. The van der Waals surface area contributed by atoms with E-state index in [9.17, 15) is 5.26 Å². The molecule has 0 amide bonds. The number of thiophene rings is 1. The molecule has 2 N–H and O–H groups in total. The standard InChI is InChI=1S/C34H44N8OS/c1-5-9-27-28(25(18-35)31(36)44-27)22-11-6-12-23-29(39-43-30(22)23)32-37-33(41-16-7-10-20(2)19-41)24-14-17-42(34(24)38-32)21(3)26-13-8-15-40(26)4/h14,17,20-22,26H,5-13,15-16,19,36H2,1-4H3. The van der Waals surface area contributed by atoms with Crippen LogP contribution < -0.4 is 10.6 Å². The summed E-state index contributed by atoms with van der Waals surface area (Å²) in [6, 6.07) is 5.39. The van der Waals surface area contributed by atoms with Crippen molar-refractivity contribution in [3.8, 4) is 17.6 Å². The molecule has 0 aromatic carbocycles. The molecule has 4 unspecified atom stereocenters. The van der Waals surface area contributed by atoms with Crippen LogP contribution in [0.3, 0.4) is 0 Å². The first kappa shape index (κ1) is 29.3. The van der Waals surface area contributed by atoms with Gasteiger partial charge in [-0.15, -0.1) is 11.3 Å². The van der Waals surface area contributed by atoms with Gasteiger partial charge in [-0.2, -0.15) is 5.26 Å². The van der Waals surface area contributed by atoms with Crippen LogP contribution in [0, 0.1) is 17.2 Å². The van der Waals surface area contributed by atoms with Gasteiger partial charge < -0.3 is 24.6 Å². The lowest BCUT2D eigenvalue weighted by Crippen LogP contribution is -2.35. The lowest BCUT2D eigenvalue weighted by Gasteiger charge is -2.32. The Bertz CT molecular complexity index is 1710. The van der Waals surface area contributed by atoms with E-state index in [-0.39, 0.29) is 12.0 Å². The molecule has 0 saturated carbocycles. The number of fused-ring (bicyclic) bond motifs is 2. The number of nitrogen functional groups attached to an aromatic ring is 1. The molecule has 0 radical (unpaired) electrons. The molecule has 1 aliphatic carbocycles. The van der Waals surface area contributed by atoms with E-state index in [4.69, 9.17) is 25.4 Å². The normalized spacial score (nSPS) is 23.2. The van der Waals surface area contributed by atoms with Crippen LogP contribution in [-0.4, -0.2) is 57.3 Å². The van der Waals surface area contributed by atoms with Crippen molar-refractivity contribution < 1.29 is 4.52 Å². The zero-order chi connectivity index (χ0) is 30.5. The van der Waals surface area contributed by atoms with Gasteiger partial charge in [-0.1, -0.05) is 25.4 Å². The average Bonchev–Trinajstić information content (AvgIpc) is 3.81. The van der Waals surface area contributed by atoms with Crippen LogP contribution >= 0.6 is 11.3 Å². The number of likely N-dealkylation sites (tertiary alicyclic amines) is 1. The number of rotatable bonds is 7. The largest absolute Gasteiger partial charge is 0.389 e. The summed E-state index contributed by atoms with van der Waals surface area (Å²) in [6.45, 7) is 9.96. The van der Waals surface area contributed by atoms with E-state index in [1.54, 1.807) is 11.3 Å². The van der Waals surface area contributed by atoms with Crippen molar-refractivity contribution in [1.82, 2.24) is 24.6 Å². The highest BCUT2D eigenvalue weighted by Gasteiger charge is 2.36. The fourth-order valence-electron chi connectivity index (χ4n) is 8.12. The maximum absolute atomic E-state index is 10.1. The van der Waals surface area contributed by atoms with E-state index in [1.807, 2.05) is 0 Å². The molecule has 2 saturated heterocycles. The smallest absolute Gasteiger partial charge is 0.186 e. The number of nitriles is 1. The highest BCUT2D eigenvalue weighted by atomic mass is 32.1. The first-order valence-electron chi connectivity index (χ1n) is 16.5. The zero-order valence-electron chi connectivity index (χ0n) is 26.5. The first-order valence-corrected chi connectivity index (χ1v) is 17.3. The molecule has 7 rings (SSSR count). The van der Waals surface area contributed by atoms with Gasteiger partial charge in [0.15, 0.2) is 11.5 Å². The summed E-state index contributed by atoms with van der Waals surface area (Å²) in [5.74, 6) is 3.09. The second-order valence-corrected chi connectivity index (χ2v) is 14.5. The Labute approximate surface area is 264 Å². The molecular formula is C34H44N8OS. The minimum absolute atomic E-state index is 0.0299. The molecule has 0 spiro atoms. The van der Waals surface area contributed by atoms with E-state index in [0.29, 0.717) is 28.3 Å². The average molecular weight is 613 g/mol. The first-order chi connectivity index (χ1) is 21.4. The van der Waals surface area contributed by atoms with Crippen LogP contribution in [0.4, 0.5) is 10.8 Å². The number of anilines is 2. The fraction of sp³-hybridized carbons (Fsp3) is 0.588. The third-order valence-electron chi connectivity index (χ3n) is 10.3. The molecule has 10 heteroatoms. The predicted octanol–water partition coefficient (Wildman–Crippen LogP) is 6.91. The molecule has 2 fully saturated rings. The molecular weight excluding hydrogens is 568 g/mol. The van der Waals surface area contributed by atoms with Crippen LogP contribution in [0.1, 0.15) is 105 Å². The molecule has 9 nitrogen and oxygen atoms in total. The second-order valence-electron chi connectivity index (χ2n) is 13.3. The number of piperidine rings is 1. The monoisotopic (exact) mass is 612 g/mol. The van der Waals surface area contributed by atoms with E-state index < -0.39 is 0 Å². The van der Waals surface area contributed by atoms with Gasteiger partial charge in [-0.05, 0) is 89.4 Å². The van der Waals surface area contributed by atoms with Crippen LogP contribution in [-0.2, 0) is 12.8 Å². The van der Waals surface area contributed by atoms with Crippen molar-refractivity contribution in [1.29, 1.82) is 5.26 Å². The lowest BCUT2D eigenvalue weighted by atomic mass is 9.81. The van der Waals surface area contributed by atoms with E-state index >= 15 is 0 Å². The summed E-state index contributed by atoms with van der Waals surface area (Å²) in [4.78, 5) is 16.7. The SMILES string of the molecule is CCCc1sc(N)c(C#N)c1C1CCCc2c(-c3nc(N4CCCC(C)C4)c4ccn(C(C)C5CCCN5C)c4n3)noc21. The summed E-state index contributed by atoms with van der Waals surface area (Å²) in [7, 11) is 2.24. The minimum atomic E-state index is -0.0299. The molecule has 0 bridgehead atoms. The van der Waals surface area contributed by atoms with Gasteiger partial charge in [0.2, 0.25) is 0 Å². The Morgan fingerprint density at radius 2 is 2.02 bits per heavy atom. The van der Waals surface area contributed by atoms with Gasteiger partial charge >= 0.3 is 0 Å². The van der Waals surface area contributed by atoms with Gasteiger partial charge in [-0.3, -0.25) is 0 Å². The van der Waals surface area contributed by atoms with Gasteiger partial charge in [0.25, 0.3) is 0 Å². The fourth-order valence-corrected chi connectivity index (χ4v) is 9.30. The lowest BCUT2D eigenvalue weighted by molar-refractivity contribution is 0.242. The van der Waals surface area contributed by atoms with Crippen LogP contribution in [0.2, 0.25) is 0 Å². The number of hydrogen-bond donors (Lipinski definition) is 1. The summed E-state index contributed by atoms with van der Waals surface area (Å²) in [5, 5.41) is 16.5. The summed E-state index contributed by atoms with van der Waals surface area (Å²) in [5.41, 5.74) is 10.8. The summed E-state index contributed by atoms with van der Waals surface area (Å²) >= 11 is 1.55. The highest BCUT2D eigenvalue weighted by Crippen LogP contribution is 2.47. The summed E-state index contributed by atoms with van der Waals surface area (Å²) < 4.78 is 8.58. The molecule has 232 valence electrons. The Balaban J connectivity index is 1.36. The van der Waals surface area contributed by atoms with Gasteiger partial charge in [0.05, 0.1) is 10.9 Å². The molecule has 44 heavy (non-hydrogen) atoms. The molecule has 6 heterocycles. The topological polar surface area (TPSA) is 113 Å². The Kier molecular flexibility index (Phi) is 7.87. The highest BCUT2D eigenvalue weighted by molar-refractivity contribution is 7.16. The Hall–Kier alpha value is -3.42. The van der Waals surface area contributed by atoms with Gasteiger partial charge in [0, 0.05) is 47.7 Å². The molecule has 3 aliphatic rings. The van der Waals surface area contributed by atoms with Crippen LogP contribution in [0.25, 0.3) is 22.6 Å². The minimum Gasteiger partial charge on any atom is -0.389 e. The van der Waals surface area contributed by atoms with Crippen LogP contribution in [0.5, 0.6) is 0 Å². The van der Waals surface area contributed by atoms with E-state index in [1.165, 1.54) is 24.1 Å². The third-order valence-corrected chi connectivity index (χ3v) is 11.4. The number of aryl methyl sites for hydroxylation is 1. The van der Waals surface area contributed by atoms with Crippen molar-refractivity contribution in [2.75, 3.05) is 37.3 Å².